The van der Waals surface area contributed by atoms with Crippen LogP contribution in [0.15, 0.2) is 52.9 Å². The average molecular weight is 542 g/mol. The maximum atomic E-state index is 13.0. The summed E-state index contributed by atoms with van der Waals surface area (Å²) >= 11 is 6.37. The number of carbonyl (C=O) groups is 1. The van der Waals surface area contributed by atoms with E-state index in [1.54, 1.807) is 6.07 Å². The summed E-state index contributed by atoms with van der Waals surface area (Å²) in [6.07, 6.45) is 11.4. The van der Waals surface area contributed by atoms with Crippen LogP contribution in [0.25, 0.3) is 0 Å². The SMILES string of the molecule is CC[C@H]1C/C=C/C[C@H](C)C[S-](=O)=NC(=O)c2ccc3c(c2)N(CC1)Cc1ccc(Cl)cc1CCCCO3. The van der Waals surface area contributed by atoms with E-state index in [-0.39, 0.29) is 5.92 Å². The summed E-state index contributed by atoms with van der Waals surface area (Å²) in [4.78, 5) is 15.4. The standard InChI is InChI=1S/C30H38ClN2O3S/c1-3-23-9-5-4-8-22(2)21-37(35)32-30(34)25-12-14-29-28(19-25)33(16-15-23)20-26-11-13-27(31)18-24(26)10-6-7-17-36-29/h4-5,11-14,18-19,22-23H,3,6-10,15-17,20-21H2,1-2H3/q-1/b5-4+/t22-,23-/m0/s1. The molecule has 0 saturated heterocycles. The van der Waals surface area contributed by atoms with Gasteiger partial charge in [0, 0.05) is 23.7 Å². The Kier molecular flexibility index (Phi) is 10.1. The van der Waals surface area contributed by atoms with E-state index in [9.17, 15) is 9.00 Å². The highest BCUT2D eigenvalue weighted by molar-refractivity contribution is 7.75. The molecule has 2 atom stereocenters. The first-order chi connectivity index (χ1) is 17.9. The molecule has 7 heteroatoms. The van der Waals surface area contributed by atoms with Crippen LogP contribution in [0.3, 0.4) is 0 Å². The van der Waals surface area contributed by atoms with Gasteiger partial charge in [0.05, 0.1) is 12.3 Å². The largest absolute Gasteiger partial charge is 0.491 e. The van der Waals surface area contributed by atoms with E-state index in [0.29, 0.717) is 30.4 Å². The number of halogens is 1. The van der Waals surface area contributed by atoms with E-state index >= 15 is 0 Å². The van der Waals surface area contributed by atoms with Crippen LogP contribution >= 0.6 is 11.6 Å². The third-order valence-corrected chi connectivity index (χ3v) is 8.80. The predicted molar refractivity (Wildman–Crippen MR) is 153 cm³/mol. The van der Waals surface area contributed by atoms with Crippen LogP contribution in [-0.4, -0.2) is 24.8 Å². The first-order valence-corrected chi connectivity index (χ1v) is 15.2. The summed E-state index contributed by atoms with van der Waals surface area (Å²) in [6.45, 7) is 6.46. The van der Waals surface area contributed by atoms with Gasteiger partial charge in [0.2, 0.25) is 0 Å². The van der Waals surface area contributed by atoms with Crippen LogP contribution in [0, 0.1) is 11.8 Å². The number of rotatable bonds is 1. The van der Waals surface area contributed by atoms with E-state index in [1.807, 2.05) is 18.2 Å². The summed E-state index contributed by atoms with van der Waals surface area (Å²) in [5.74, 6) is 1.47. The first kappa shape index (κ1) is 27.7. The molecule has 2 bridgehead atoms. The van der Waals surface area contributed by atoms with Crippen molar-refractivity contribution < 1.29 is 13.7 Å². The van der Waals surface area contributed by atoms with Crippen molar-refractivity contribution in [3.63, 3.8) is 0 Å². The van der Waals surface area contributed by atoms with Crippen LogP contribution in [0.4, 0.5) is 5.69 Å². The highest BCUT2D eigenvalue weighted by Gasteiger charge is 2.20. The molecule has 0 fully saturated rings. The minimum Gasteiger partial charge on any atom is -0.491 e. The van der Waals surface area contributed by atoms with Crippen molar-refractivity contribution in [2.45, 2.75) is 65.3 Å². The fourth-order valence-electron chi connectivity index (χ4n) is 5.03. The Morgan fingerprint density at radius 1 is 1.11 bits per heavy atom. The Bertz CT molecular complexity index is 1210. The van der Waals surface area contributed by atoms with Crippen molar-refractivity contribution in [2.75, 3.05) is 23.8 Å². The summed E-state index contributed by atoms with van der Waals surface area (Å²) in [5, 5.41) is 0.757. The fourth-order valence-corrected chi connectivity index (χ4v) is 6.21. The zero-order chi connectivity index (χ0) is 26.2. The quantitative estimate of drug-likeness (QED) is 0.273. The van der Waals surface area contributed by atoms with Crippen LogP contribution in [-0.2, 0) is 27.8 Å². The van der Waals surface area contributed by atoms with Crippen LogP contribution < -0.4 is 9.64 Å². The molecule has 2 aromatic rings. The molecule has 0 saturated carbocycles. The molecule has 2 aliphatic heterocycles. The van der Waals surface area contributed by atoms with Crippen LogP contribution in [0.1, 0.15) is 73.9 Å². The van der Waals surface area contributed by atoms with Gasteiger partial charge in [0.15, 0.2) is 0 Å². The number of hydrogen-bond acceptors (Lipinski definition) is 5. The highest BCUT2D eigenvalue weighted by atomic mass is 35.5. The average Bonchev–Trinajstić information content (AvgIpc) is 2.90. The third-order valence-electron chi connectivity index (χ3n) is 7.35. The smallest absolute Gasteiger partial charge is 0.254 e. The van der Waals surface area contributed by atoms with Crippen molar-refractivity contribution in [1.29, 1.82) is 0 Å². The molecule has 0 unspecified atom stereocenters. The summed E-state index contributed by atoms with van der Waals surface area (Å²) in [5.41, 5.74) is 3.85. The lowest BCUT2D eigenvalue weighted by Crippen LogP contribution is -2.27. The lowest BCUT2D eigenvalue weighted by Gasteiger charge is -2.29. The fraction of sp³-hybridized carbons (Fsp3) is 0.500. The van der Waals surface area contributed by atoms with Gasteiger partial charge in [-0.25, -0.2) is 0 Å². The van der Waals surface area contributed by atoms with E-state index in [2.05, 4.69) is 47.4 Å². The lowest BCUT2D eigenvalue weighted by molar-refractivity contribution is 0.100. The number of carbonyl (C=O) groups excluding carboxylic acids is 1. The molecule has 37 heavy (non-hydrogen) atoms. The molecule has 0 aliphatic carbocycles. The Balaban J connectivity index is 1.78. The van der Waals surface area contributed by atoms with E-state index in [0.717, 1.165) is 68.0 Å². The zero-order valence-corrected chi connectivity index (χ0v) is 23.5. The molecule has 0 spiro atoms. The van der Waals surface area contributed by atoms with Gasteiger partial charge in [0.1, 0.15) is 5.75 Å². The Morgan fingerprint density at radius 2 is 1.95 bits per heavy atom. The number of amides is 1. The summed E-state index contributed by atoms with van der Waals surface area (Å²) in [6, 6.07) is 11.7. The number of nitrogens with zero attached hydrogens (tertiary/aromatic N) is 2. The summed E-state index contributed by atoms with van der Waals surface area (Å²) in [7, 11) is -1.55. The Hall–Kier alpha value is -2.31. The molecule has 4 rings (SSSR count). The number of ether oxygens (including phenoxy) is 1. The number of anilines is 1. The second-order valence-corrected chi connectivity index (χ2v) is 11.9. The van der Waals surface area contributed by atoms with Crippen molar-refractivity contribution in [2.24, 2.45) is 16.2 Å². The van der Waals surface area contributed by atoms with Crippen molar-refractivity contribution >= 4 is 33.8 Å². The van der Waals surface area contributed by atoms with Gasteiger partial charge in [0.25, 0.3) is 5.91 Å². The Morgan fingerprint density at radius 3 is 2.78 bits per heavy atom. The molecule has 200 valence electrons. The number of benzene rings is 2. The van der Waals surface area contributed by atoms with Gasteiger partial charge >= 0.3 is 0 Å². The van der Waals surface area contributed by atoms with Gasteiger partial charge in [-0.1, -0.05) is 61.8 Å². The molecule has 2 heterocycles. The lowest BCUT2D eigenvalue weighted by atomic mass is 9.96. The molecule has 2 aliphatic rings. The van der Waals surface area contributed by atoms with Gasteiger partial charge in [-0.3, -0.25) is 4.79 Å². The van der Waals surface area contributed by atoms with Gasteiger partial charge in [-0.05, 0) is 85.9 Å². The normalized spacial score (nSPS) is 23.2. The molecule has 5 nitrogen and oxygen atoms in total. The molecule has 1 amide bonds. The molecule has 2 aromatic carbocycles. The molecular weight excluding hydrogens is 504 g/mol. The zero-order valence-electron chi connectivity index (χ0n) is 22.0. The van der Waals surface area contributed by atoms with Crippen LogP contribution in [0.5, 0.6) is 5.75 Å². The first-order valence-electron chi connectivity index (χ1n) is 13.5. The minimum absolute atomic E-state index is 0.200. The van der Waals surface area contributed by atoms with E-state index in [1.165, 1.54) is 11.1 Å². The minimum atomic E-state index is -1.55. The van der Waals surface area contributed by atoms with Gasteiger partial charge in [-0.2, -0.15) is 10.6 Å². The van der Waals surface area contributed by atoms with Crippen molar-refractivity contribution in [3.05, 3.63) is 70.3 Å². The van der Waals surface area contributed by atoms with Gasteiger partial charge < -0.3 is 18.2 Å². The monoisotopic (exact) mass is 541 g/mol. The number of fused-ring (bicyclic) bond motifs is 2. The predicted octanol–water partition coefficient (Wildman–Crippen LogP) is 7.75. The molecule has 0 N–H and O–H groups in total. The Labute approximate surface area is 228 Å². The molecular formula is C30H38ClN2O3S-. The van der Waals surface area contributed by atoms with Crippen LogP contribution in [0.2, 0.25) is 5.02 Å². The maximum absolute atomic E-state index is 13.0. The maximum Gasteiger partial charge on any atom is 0.254 e. The van der Waals surface area contributed by atoms with E-state index in [4.69, 9.17) is 16.3 Å². The number of aryl methyl sites for hydroxylation is 1. The van der Waals surface area contributed by atoms with Gasteiger partial charge in [-0.15, -0.1) is 0 Å². The molecule has 0 radical (unpaired) electrons. The summed E-state index contributed by atoms with van der Waals surface area (Å²) < 4.78 is 22.9. The molecule has 0 aromatic heterocycles. The number of hydrogen-bond donors (Lipinski definition) is 0. The highest BCUT2D eigenvalue weighted by Crippen LogP contribution is 2.34. The van der Waals surface area contributed by atoms with Crippen molar-refractivity contribution in [3.8, 4) is 5.75 Å². The topological polar surface area (TPSA) is 59.0 Å². The van der Waals surface area contributed by atoms with E-state index < -0.39 is 16.5 Å². The second-order valence-electron chi connectivity index (χ2n) is 10.3. The second kappa shape index (κ2) is 13.5. The van der Waals surface area contributed by atoms with Crippen molar-refractivity contribution in [1.82, 2.24) is 0 Å². The number of allylic oxidation sites excluding steroid dienone is 2. The third kappa shape index (κ3) is 7.84.